The Bertz CT molecular complexity index is 2160. The summed E-state index contributed by atoms with van der Waals surface area (Å²) >= 11 is 17.9. The van der Waals surface area contributed by atoms with Crippen LogP contribution in [-0.2, 0) is 12.3 Å². The van der Waals surface area contributed by atoms with Gasteiger partial charge in [0, 0.05) is 0 Å². The van der Waals surface area contributed by atoms with Crippen molar-refractivity contribution in [3.63, 3.8) is 0 Å². The third-order valence-electron chi connectivity index (χ3n) is 14.0. The van der Waals surface area contributed by atoms with Crippen LogP contribution < -0.4 is 41.3 Å². The quantitative estimate of drug-likeness (QED) is 0.0562. The fourth-order valence-corrected chi connectivity index (χ4v) is 22.1. The summed E-state index contributed by atoms with van der Waals surface area (Å²) in [5.74, 6) is -5.15. The summed E-state index contributed by atoms with van der Waals surface area (Å²) in [6.45, 7) is 10.3. The van der Waals surface area contributed by atoms with Gasteiger partial charge in [0.15, 0.2) is 0 Å². The van der Waals surface area contributed by atoms with Gasteiger partial charge in [-0.05, 0) is 0 Å². The number of rotatable bonds is 24. The number of benzene rings is 7. The molecule has 7 aromatic rings. The fraction of sp³-hybridized carbons (Fsp3) is 0.300. The second-order valence-electron chi connectivity index (χ2n) is 18.2. The van der Waals surface area contributed by atoms with Crippen molar-refractivity contribution in [3.8, 4) is 11.5 Å². The van der Waals surface area contributed by atoms with E-state index in [2.05, 4.69) is 222 Å². The second-order valence-corrected chi connectivity index (χ2v) is 31.2. The maximum absolute atomic E-state index is 8.93. The molecule has 6 heteroatoms. The fourth-order valence-electron chi connectivity index (χ4n) is 9.89. The van der Waals surface area contributed by atoms with Crippen LogP contribution in [0, 0.1) is 11.8 Å². The average molecular weight is 956 g/mol. The molecule has 2 unspecified atom stereocenters. The molecule has 0 N–H and O–H groups in total. The van der Waals surface area contributed by atoms with Gasteiger partial charge in [0.2, 0.25) is 0 Å². The maximum atomic E-state index is 8.93. The second kappa shape index (κ2) is 22.6. The van der Waals surface area contributed by atoms with Gasteiger partial charge in [-0.15, -0.1) is 0 Å². The van der Waals surface area contributed by atoms with E-state index in [1.165, 1.54) is 12.8 Å². The summed E-state index contributed by atoms with van der Waals surface area (Å²) in [5.41, 5.74) is 2.08. The first-order chi connectivity index (χ1) is 32.2. The molecule has 0 saturated carbocycles. The molecule has 0 spiro atoms. The molecular weight excluding hydrogens is 886 g/mol. The van der Waals surface area contributed by atoms with Gasteiger partial charge in [0.05, 0.1) is 0 Å². The molecule has 0 aliphatic rings. The zero-order chi connectivity index (χ0) is 46.3. The van der Waals surface area contributed by atoms with Crippen molar-refractivity contribution < 1.29 is 9.47 Å². The Morgan fingerprint density at radius 2 is 0.621 bits per heavy atom. The Labute approximate surface area is 406 Å². The summed E-state index contributed by atoms with van der Waals surface area (Å²) < 4.78 is 14.6. The molecular formula is C60H70Cl2O2P2. The minimum atomic E-state index is -3.83. The predicted octanol–water partition coefficient (Wildman–Crippen LogP) is 15.2. The van der Waals surface area contributed by atoms with E-state index >= 15 is 0 Å². The van der Waals surface area contributed by atoms with Gasteiger partial charge in [0.25, 0.3) is 0 Å². The van der Waals surface area contributed by atoms with Gasteiger partial charge >= 0.3 is 409 Å². The molecule has 0 aromatic heterocycles. The van der Waals surface area contributed by atoms with Crippen LogP contribution in [0.2, 0.25) is 0 Å². The van der Waals surface area contributed by atoms with Crippen LogP contribution in [0.25, 0.3) is 0 Å². The molecule has 0 radical (unpaired) electrons. The van der Waals surface area contributed by atoms with E-state index in [9.17, 15) is 0 Å². The van der Waals surface area contributed by atoms with Crippen molar-refractivity contribution >= 4 is 66.2 Å². The Hall–Kier alpha value is -4.42. The van der Waals surface area contributed by atoms with Gasteiger partial charge in [-0.2, -0.15) is 0 Å². The van der Waals surface area contributed by atoms with E-state index in [0.717, 1.165) is 93.0 Å². The molecule has 7 aromatic carbocycles. The molecule has 0 heterocycles. The first-order valence-corrected chi connectivity index (χ1v) is 31.1. The van der Waals surface area contributed by atoms with Gasteiger partial charge in [0.1, 0.15) is 0 Å². The Kier molecular flexibility index (Phi) is 16.9. The van der Waals surface area contributed by atoms with Crippen LogP contribution in [0.5, 0.6) is 11.5 Å². The van der Waals surface area contributed by atoms with Gasteiger partial charge in [-0.1, -0.05) is 0 Å². The van der Waals surface area contributed by atoms with Crippen molar-refractivity contribution in [3.05, 3.63) is 205 Å². The number of hydrogen-bond acceptors (Lipinski definition) is 2. The van der Waals surface area contributed by atoms with Crippen LogP contribution in [0.1, 0.15) is 90.2 Å². The number of hydrogen-bond donors (Lipinski definition) is 0. The number of unbranched alkanes of at least 4 members (excludes halogenated alkanes) is 2. The van der Waals surface area contributed by atoms with Crippen molar-refractivity contribution in [2.24, 2.45) is 11.8 Å². The summed E-state index contributed by atoms with van der Waals surface area (Å²) in [4.78, 5) is 0. The molecule has 2 nitrogen and oxygen atoms in total. The number of ether oxygens (including phenoxy) is 2. The Morgan fingerprint density at radius 3 is 0.833 bits per heavy atom. The van der Waals surface area contributed by atoms with Crippen molar-refractivity contribution in [1.29, 1.82) is 0 Å². The van der Waals surface area contributed by atoms with Gasteiger partial charge in [-0.25, -0.2) is 0 Å². The van der Waals surface area contributed by atoms with Crippen molar-refractivity contribution in [2.75, 3.05) is 13.2 Å². The van der Waals surface area contributed by atoms with Crippen molar-refractivity contribution in [1.82, 2.24) is 0 Å². The molecule has 0 saturated heterocycles. The van der Waals surface area contributed by atoms with Crippen LogP contribution in [0.4, 0.5) is 0 Å². The minimum absolute atomic E-state index is 0.412. The molecule has 0 amide bonds. The molecule has 0 bridgehead atoms. The zero-order valence-corrected chi connectivity index (χ0v) is 42.9. The average Bonchev–Trinajstić information content (AvgIpc) is 3.39. The van der Waals surface area contributed by atoms with Crippen LogP contribution in [0.3, 0.4) is 0 Å². The molecule has 346 valence electrons. The van der Waals surface area contributed by atoms with E-state index in [1.54, 1.807) is 0 Å². The molecule has 0 fully saturated rings. The topological polar surface area (TPSA) is 18.5 Å². The van der Waals surface area contributed by atoms with Crippen LogP contribution >= 0.6 is 34.4 Å². The SMILES string of the molecule is CCCCC(CC)COc1cc(CP(Cl)(c2ccccc2)(c2ccccc2)c2ccccc2)c(OCC(CC)CCCC)cc1CP(Cl)(c1ccccc1)(c1ccccc1)c1ccccc1. The van der Waals surface area contributed by atoms with E-state index in [0.29, 0.717) is 37.4 Å². The molecule has 0 aliphatic heterocycles. The summed E-state index contributed by atoms with van der Waals surface area (Å²) in [5, 5.41) is 6.68. The van der Waals surface area contributed by atoms with Crippen molar-refractivity contribution in [2.45, 2.75) is 91.4 Å². The standard InChI is InChI=1S/C60H70Cl2O2P2/c1-5-9-29-49(7-3)45-63-59-43-52(48-66(62,56-37-23-14-24-38-56,57-39-25-15-26-40-57)58-41-27-16-28-42-58)60(64-46-50(8-4)30-10-6-2)44-51(59)47-65(61,53-31-17-11-18-32-53,54-33-19-12-20-34-54)55-35-21-13-22-36-55/h11-28,31-44,49-50H,5-10,29-30,45-48H2,1-4H3. The van der Waals surface area contributed by atoms with E-state index in [1.807, 2.05) is 0 Å². The normalized spacial score (nSPS) is 14.0. The molecule has 7 rings (SSSR count). The third kappa shape index (κ3) is 10.2. The molecule has 66 heavy (non-hydrogen) atoms. The monoisotopic (exact) mass is 954 g/mol. The zero-order valence-electron chi connectivity index (χ0n) is 39.6. The van der Waals surface area contributed by atoms with E-state index < -0.39 is 11.9 Å². The van der Waals surface area contributed by atoms with Gasteiger partial charge < -0.3 is 0 Å². The first kappa shape index (κ1) is 49.5. The summed E-state index contributed by atoms with van der Waals surface area (Å²) in [7, 11) is 0. The van der Waals surface area contributed by atoms with E-state index in [-0.39, 0.29) is 0 Å². The van der Waals surface area contributed by atoms with Crippen LogP contribution in [-0.4, -0.2) is 13.2 Å². The Balaban J connectivity index is 1.55. The van der Waals surface area contributed by atoms with E-state index in [4.69, 9.17) is 32.0 Å². The molecule has 2 atom stereocenters. The van der Waals surface area contributed by atoms with Gasteiger partial charge in [-0.3, -0.25) is 0 Å². The number of halogens is 2. The summed E-state index contributed by atoms with van der Waals surface area (Å²) in [6.07, 6.45) is 10.0. The van der Waals surface area contributed by atoms with Crippen LogP contribution in [0.15, 0.2) is 194 Å². The Morgan fingerprint density at radius 1 is 0.379 bits per heavy atom. The molecule has 0 aliphatic carbocycles. The predicted molar refractivity (Wildman–Crippen MR) is 293 cm³/mol. The third-order valence-corrected chi connectivity index (χ3v) is 28.3. The summed E-state index contributed by atoms with van der Waals surface area (Å²) in [6, 6.07) is 69.4. The first-order valence-electron chi connectivity index (χ1n) is 24.4.